The molecular weight excluding hydrogens is 252 g/mol. The van der Waals surface area contributed by atoms with E-state index in [1.807, 2.05) is 30.5 Å². The maximum absolute atomic E-state index is 9.53. The van der Waals surface area contributed by atoms with Crippen molar-refractivity contribution in [2.45, 2.75) is 13.8 Å². The Bertz CT molecular complexity index is 858. The summed E-state index contributed by atoms with van der Waals surface area (Å²) in [6.45, 7) is 3.79. The number of hydrogen-bond acceptors (Lipinski definition) is 4. The molecule has 0 fully saturated rings. The summed E-state index contributed by atoms with van der Waals surface area (Å²) in [6.07, 6.45) is 3.46. The highest BCUT2D eigenvalue weighted by Gasteiger charge is 2.15. The third-order valence-electron chi connectivity index (χ3n) is 3.29. The third-order valence-corrected chi connectivity index (χ3v) is 3.29. The number of phenolic OH excluding ortho intramolecular Hbond substituents is 1. The van der Waals surface area contributed by atoms with E-state index in [1.165, 1.54) is 0 Å². The number of aryl methyl sites for hydroxylation is 2. The largest absolute Gasteiger partial charge is 0.508 e. The normalized spacial score (nSPS) is 10.7. The fourth-order valence-corrected chi connectivity index (χ4v) is 2.42. The van der Waals surface area contributed by atoms with Gasteiger partial charge in [-0.15, -0.1) is 0 Å². The molecule has 5 nitrogen and oxygen atoms in total. The monoisotopic (exact) mass is 264 g/mol. The van der Waals surface area contributed by atoms with Crippen molar-refractivity contribution < 1.29 is 5.11 Å². The van der Waals surface area contributed by atoms with Crippen LogP contribution in [0.5, 0.6) is 5.75 Å². The maximum Gasteiger partial charge on any atom is 0.184 e. The van der Waals surface area contributed by atoms with E-state index < -0.39 is 0 Å². The fraction of sp³-hybridized carbons (Fsp3) is 0.133. The molecule has 0 aliphatic rings. The Hall–Kier alpha value is -2.87. The number of nitriles is 1. The summed E-state index contributed by atoms with van der Waals surface area (Å²) in [4.78, 5) is 8.52. The first kappa shape index (κ1) is 12.2. The SMILES string of the molecule is Cc1cc(O)ccc1-c1c(C)nc(C#N)c2nccn12. The zero-order chi connectivity index (χ0) is 14.3. The van der Waals surface area contributed by atoms with Crippen LogP contribution in [0.1, 0.15) is 17.0 Å². The topological polar surface area (TPSA) is 74.2 Å². The molecule has 0 saturated heterocycles. The lowest BCUT2D eigenvalue weighted by Gasteiger charge is -2.12. The van der Waals surface area contributed by atoms with E-state index in [0.717, 1.165) is 22.5 Å². The van der Waals surface area contributed by atoms with Gasteiger partial charge < -0.3 is 5.11 Å². The summed E-state index contributed by atoms with van der Waals surface area (Å²) in [5.74, 6) is 0.229. The van der Waals surface area contributed by atoms with Crippen LogP contribution in [0.25, 0.3) is 16.9 Å². The van der Waals surface area contributed by atoms with Crippen LogP contribution in [0, 0.1) is 25.2 Å². The molecular formula is C15H12N4O. The molecule has 0 radical (unpaired) electrons. The Morgan fingerprint density at radius 2 is 2.10 bits per heavy atom. The average molecular weight is 264 g/mol. The van der Waals surface area contributed by atoms with Crippen LogP contribution in [-0.2, 0) is 0 Å². The molecule has 0 aliphatic carbocycles. The van der Waals surface area contributed by atoms with Gasteiger partial charge in [0.1, 0.15) is 11.8 Å². The zero-order valence-corrected chi connectivity index (χ0v) is 11.1. The lowest BCUT2D eigenvalue weighted by molar-refractivity contribution is 0.475. The van der Waals surface area contributed by atoms with E-state index in [-0.39, 0.29) is 5.75 Å². The predicted octanol–water partition coefficient (Wildman–Crippen LogP) is 2.59. The van der Waals surface area contributed by atoms with E-state index in [4.69, 9.17) is 5.26 Å². The molecule has 0 atom stereocenters. The van der Waals surface area contributed by atoms with Crippen LogP contribution < -0.4 is 0 Å². The molecule has 2 aromatic heterocycles. The van der Waals surface area contributed by atoms with Crippen molar-refractivity contribution in [1.29, 1.82) is 5.26 Å². The summed E-state index contributed by atoms with van der Waals surface area (Å²) in [5, 5.41) is 18.7. The first-order valence-corrected chi connectivity index (χ1v) is 6.15. The first-order valence-electron chi connectivity index (χ1n) is 6.15. The van der Waals surface area contributed by atoms with Crippen LogP contribution in [0.15, 0.2) is 30.6 Å². The second-order valence-corrected chi connectivity index (χ2v) is 4.63. The summed E-state index contributed by atoms with van der Waals surface area (Å²) in [5.41, 5.74) is 4.39. The van der Waals surface area contributed by atoms with Crippen molar-refractivity contribution in [3.05, 3.63) is 47.5 Å². The Labute approximate surface area is 115 Å². The summed E-state index contributed by atoms with van der Waals surface area (Å²) in [6, 6.07) is 7.26. The Morgan fingerprint density at radius 3 is 2.80 bits per heavy atom. The number of benzene rings is 1. The highest BCUT2D eigenvalue weighted by molar-refractivity contribution is 5.71. The van der Waals surface area contributed by atoms with Gasteiger partial charge in [-0.05, 0) is 37.6 Å². The van der Waals surface area contributed by atoms with Crippen molar-refractivity contribution in [3.8, 4) is 23.1 Å². The molecule has 0 unspecified atom stereocenters. The van der Waals surface area contributed by atoms with Crippen LogP contribution in [0.2, 0.25) is 0 Å². The number of aromatic nitrogens is 3. The highest BCUT2D eigenvalue weighted by Crippen LogP contribution is 2.29. The second kappa shape index (κ2) is 4.35. The zero-order valence-electron chi connectivity index (χ0n) is 11.1. The lowest BCUT2D eigenvalue weighted by Crippen LogP contribution is -2.02. The molecule has 0 saturated carbocycles. The van der Waals surface area contributed by atoms with E-state index in [2.05, 4.69) is 16.0 Å². The van der Waals surface area contributed by atoms with Crippen molar-refractivity contribution in [2.75, 3.05) is 0 Å². The minimum absolute atomic E-state index is 0.229. The van der Waals surface area contributed by atoms with Gasteiger partial charge in [-0.1, -0.05) is 0 Å². The van der Waals surface area contributed by atoms with Crippen LogP contribution in [0.4, 0.5) is 0 Å². The molecule has 0 aliphatic heterocycles. The standard InChI is InChI=1S/C15H12N4O/c1-9-7-11(20)3-4-12(9)14-10(2)18-13(8-16)15-17-5-6-19(14)15/h3-7,20H,1-2H3. The lowest BCUT2D eigenvalue weighted by atomic mass is 10.0. The van der Waals surface area contributed by atoms with Crippen LogP contribution in [-0.4, -0.2) is 19.5 Å². The van der Waals surface area contributed by atoms with Gasteiger partial charge in [0.15, 0.2) is 11.3 Å². The molecule has 5 heteroatoms. The van der Waals surface area contributed by atoms with E-state index in [0.29, 0.717) is 11.3 Å². The molecule has 98 valence electrons. The number of aromatic hydroxyl groups is 1. The predicted molar refractivity (Wildman–Crippen MR) is 74.3 cm³/mol. The average Bonchev–Trinajstić information content (AvgIpc) is 2.88. The van der Waals surface area contributed by atoms with E-state index in [9.17, 15) is 5.11 Å². The van der Waals surface area contributed by atoms with Gasteiger partial charge in [-0.2, -0.15) is 5.26 Å². The molecule has 2 heterocycles. The second-order valence-electron chi connectivity index (χ2n) is 4.63. The van der Waals surface area contributed by atoms with Crippen molar-refractivity contribution in [2.24, 2.45) is 0 Å². The molecule has 20 heavy (non-hydrogen) atoms. The van der Waals surface area contributed by atoms with E-state index in [1.54, 1.807) is 18.3 Å². The minimum atomic E-state index is 0.229. The summed E-state index contributed by atoms with van der Waals surface area (Å²) >= 11 is 0. The molecule has 3 aromatic rings. The maximum atomic E-state index is 9.53. The van der Waals surface area contributed by atoms with Crippen molar-refractivity contribution in [3.63, 3.8) is 0 Å². The Kier molecular flexibility index (Phi) is 2.65. The molecule has 0 bridgehead atoms. The molecule has 3 rings (SSSR count). The summed E-state index contributed by atoms with van der Waals surface area (Å²) < 4.78 is 1.86. The number of imidazole rings is 1. The Morgan fingerprint density at radius 1 is 1.30 bits per heavy atom. The van der Waals surface area contributed by atoms with Gasteiger partial charge >= 0.3 is 0 Å². The van der Waals surface area contributed by atoms with Gasteiger partial charge in [0, 0.05) is 18.0 Å². The van der Waals surface area contributed by atoms with Gasteiger partial charge in [0.2, 0.25) is 0 Å². The summed E-state index contributed by atoms with van der Waals surface area (Å²) in [7, 11) is 0. The van der Waals surface area contributed by atoms with E-state index >= 15 is 0 Å². The number of hydrogen-bond donors (Lipinski definition) is 1. The van der Waals surface area contributed by atoms with Crippen molar-refractivity contribution in [1.82, 2.24) is 14.4 Å². The molecule has 1 N–H and O–H groups in total. The minimum Gasteiger partial charge on any atom is -0.508 e. The van der Waals surface area contributed by atoms with Crippen LogP contribution in [0.3, 0.4) is 0 Å². The number of rotatable bonds is 1. The highest BCUT2D eigenvalue weighted by atomic mass is 16.3. The number of nitrogens with zero attached hydrogens (tertiary/aromatic N) is 4. The van der Waals surface area contributed by atoms with Gasteiger partial charge in [-0.3, -0.25) is 4.40 Å². The number of phenols is 1. The van der Waals surface area contributed by atoms with Gasteiger partial charge in [0.25, 0.3) is 0 Å². The number of fused-ring (bicyclic) bond motifs is 1. The van der Waals surface area contributed by atoms with Gasteiger partial charge in [0.05, 0.1) is 11.4 Å². The van der Waals surface area contributed by atoms with Crippen LogP contribution >= 0.6 is 0 Å². The van der Waals surface area contributed by atoms with Crippen molar-refractivity contribution >= 4 is 5.65 Å². The molecule has 0 spiro atoms. The fourth-order valence-electron chi connectivity index (χ4n) is 2.42. The molecule has 1 aromatic carbocycles. The smallest absolute Gasteiger partial charge is 0.184 e. The molecule has 0 amide bonds. The van der Waals surface area contributed by atoms with Gasteiger partial charge in [-0.25, -0.2) is 9.97 Å². The third kappa shape index (κ3) is 1.70. The first-order chi connectivity index (χ1) is 9.61. The quantitative estimate of drug-likeness (QED) is 0.733. The Balaban J connectivity index is 2.40.